The van der Waals surface area contributed by atoms with Gasteiger partial charge in [-0.15, -0.1) is 0 Å². The van der Waals surface area contributed by atoms with E-state index in [1.807, 2.05) is 0 Å². The Morgan fingerprint density at radius 2 is 1.71 bits per heavy atom. The van der Waals surface area contributed by atoms with E-state index in [0.717, 1.165) is 0 Å². The Morgan fingerprint density at radius 1 is 1.21 bits per heavy atom. The third-order valence-electron chi connectivity index (χ3n) is 1.55. The van der Waals surface area contributed by atoms with Gasteiger partial charge in [0.25, 0.3) is 0 Å². The average Bonchev–Trinajstić information content (AvgIpc) is 2.13. The van der Waals surface area contributed by atoms with Crippen molar-refractivity contribution in [1.82, 2.24) is 0 Å². The molecule has 1 N–H and O–H groups in total. The molecule has 2 unspecified atom stereocenters. The number of aliphatic carboxylic acids is 1. The lowest BCUT2D eigenvalue weighted by Gasteiger charge is -2.19. The average molecular weight is 206 g/mol. The number of methoxy groups -OCH3 is 2. The van der Waals surface area contributed by atoms with E-state index in [2.05, 4.69) is 9.47 Å². The van der Waals surface area contributed by atoms with Crippen LogP contribution in [0.25, 0.3) is 0 Å². The zero-order valence-corrected chi connectivity index (χ0v) is 8.35. The first-order valence-corrected chi connectivity index (χ1v) is 4.03. The van der Waals surface area contributed by atoms with Gasteiger partial charge in [-0.25, -0.2) is 9.59 Å². The summed E-state index contributed by atoms with van der Waals surface area (Å²) in [5, 5.41) is 8.68. The molecule has 0 bridgehead atoms. The highest BCUT2D eigenvalue weighted by atomic mass is 16.6. The number of carbonyl (C=O) groups is 2. The Hall–Kier alpha value is -1.14. The minimum Gasteiger partial charge on any atom is -0.479 e. The fourth-order valence-electron chi connectivity index (χ4n) is 0.922. The van der Waals surface area contributed by atoms with Crippen molar-refractivity contribution in [1.29, 1.82) is 0 Å². The minimum atomic E-state index is -1.35. The predicted molar refractivity (Wildman–Crippen MR) is 45.9 cm³/mol. The Kier molecular flexibility index (Phi) is 5.82. The number of ether oxygens (including phenoxy) is 3. The van der Waals surface area contributed by atoms with Crippen LogP contribution in [0.15, 0.2) is 0 Å². The van der Waals surface area contributed by atoms with Gasteiger partial charge >= 0.3 is 11.9 Å². The maximum atomic E-state index is 11.2. The molecule has 82 valence electrons. The summed E-state index contributed by atoms with van der Waals surface area (Å²) in [4.78, 5) is 21.8. The van der Waals surface area contributed by atoms with Crippen LogP contribution in [0.1, 0.15) is 6.92 Å². The van der Waals surface area contributed by atoms with Gasteiger partial charge in [0.15, 0.2) is 12.2 Å². The Labute approximate surface area is 81.8 Å². The molecule has 0 heterocycles. The number of carboxylic acids is 1. The van der Waals surface area contributed by atoms with E-state index in [9.17, 15) is 9.59 Å². The van der Waals surface area contributed by atoms with Crippen molar-refractivity contribution in [3.63, 3.8) is 0 Å². The molecular formula is C8H14O6. The fourth-order valence-corrected chi connectivity index (χ4v) is 0.922. The third-order valence-corrected chi connectivity index (χ3v) is 1.55. The lowest BCUT2D eigenvalue weighted by atomic mass is 10.2. The quantitative estimate of drug-likeness (QED) is 0.599. The number of rotatable bonds is 6. The number of carboxylic acid groups (broad SMARTS) is 1. The number of hydrogen-bond acceptors (Lipinski definition) is 5. The van der Waals surface area contributed by atoms with Crippen LogP contribution >= 0.6 is 0 Å². The van der Waals surface area contributed by atoms with Crippen LogP contribution in [0.2, 0.25) is 0 Å². The van der Waals surface area contributed by atoms with E-state index in [-0.39, 0.29) is 6.61 Å². The molecular weight excluding hydrogens is 192 g/mol. The highest BCUT2D eigenvalue weighted by Crippen LogP contribution is 2.05. The van der Waals surface area contributed by atoms with Crippen molar-refractivity contribution in [3.8, 4) is 0 Å². The summed E-state index contributed by atoms with van der Waals surface area (Å²) in [5.74, 6) is -2.02. The minimum absolute atomic E-state index is 0.161. The highest BCUT2D eigenvalue weighted by molar-refractivity contribution is 5.84. The predicted octanol–water partition coefficient (Wildman–Crippen LogP) is -0.336. The third kappa shape index (κ3) is 3.31. The number of hydrogen-bond donors (Lipinski definition) is 1. The molecule has 0 aromatic rings. The molecule has 2 atom stereocenters. The summed E-state index contributed by atoms with van der Waals surface area (Å²) in [6.45, 7) is 1.78. The lowest BCUT2D eigenvalue weighted by Crippen LogP contribution is -2.43. The first-order valence-electron chi connectivity index (χ1n) is 4.03. The van der Waals surface area contributed by atoms with Crippen molar-refractivity contribution >= 4 is 11.9 Å². The smallest absolute Gasteiger partial charge is 0.338 e. The monoisotopic (exact) mass is 206 g/mol. The highest BCUT2D eigenvalue weighted by Gasteiger charge is 2.35. The van der Waals surface area contributed by atoms with Crippen LogP contribution in [-0.4, -0.2) is 50.1 Å². The fraction of sp³-hybridized carbons (Fsp3) is 0.750. The van der Waals surface area contributed by atoms with Crippen LogP contribution in [0.3, 0.4) is 0 Å². The first-order chi connectivity index (χ1) is 6.58. The molecule has 6 nitrogen and oxygen atoms in total. The Balaban J connectivity index is 4.50. The molecule has 0 fully saturated rings. The lowest BCUT2D eigenvalue weighted by molar-refractivity contribution is -0.174. The van der Waals surface area contributed by atoms with Gasteiger partial charge in [0.05, 0.1) is 6.61 Å². The zero-order chi connectivity index (χ0) is 11.1. The molecule has 0 amide bonds. The molecule has 0 rings (SSSR count). The second kappa shape index (κ2) is 6.33. The Bertz CT molecular complexity index is 202. The van der Waals surface area contributed by atoms with Gasteiger partial charge < -0.3 is 19.3 Å². The van der Waals surface area contributed by atoms with Crippen LogP contribution in [-0.2, 0) is 23.8 Å². The molecule has 0 saturated carbocycles. The van der Waals surface area contributed by atoms with Gasteiger partial charge in [-0.05, 0) is 6.92 Å². The van der Waals surface area contributed by atoms with Gasteiger partial charge in [-0.1, -0.05) is 0 Å². The largest absolute Gasteiger partial charge is 0.479 e. The summed E-state index contributed by atoms with van der Waals surface area (Å²) in [7, 11) is 2.40. The van der Waals surface area contributed by atoms with E-state index in [0.29, 0.717) is 0 Å². The molecule has 0 spiro atoms. The molecule has 0 aromatic carbocycles. The van der Waals surface area contributed by atoms with E-state index < -0.39 is 24.1 Å². The second-order valence-electron chi connectivity index (χ2n) is 2.40. The van der Waals surface area contributed by atoms with Gasteiger partial charge in [-0.3, -0.25) is 0 Å². The van der Waals surface area contributed by atoms with Crippen molar-refractivity contribution in [3.05, 3.63) is 0 Å². The van der Waals surface area contributed by atoms with E-state index in [1.54, 1.807) is 6.92 Å². The van der Waals surface area contributed by atoms with Crippen molar-refractivity contribution in [2.75, 3.05) is 20.8 Å². The normalized spacial score (nSPS) is 14.5. The van der Waals surface area contributed by atoms with E-state index in [4.69, 9.17) is 9.84 Å². The van der Waals surface area contributed by atoms with Gasteiger partial charge in [-0.2, -0.15) is 0 Å². The molecule has 14 heavy (non-hydrogen) atoms. The summed E-state index contributed by atoms with van der Waals surface area (Å²) < 4.78 is 13.9. The van der Waals surface area contributed by atoms with Gasteiger partial charge in [0.2, 0.25) is 0 Å². The van der Waals surface area contributed by atoms with Gasteiger partial charge in [0, 0.05) is 14.2 Å². The second-order valence-corrected chi connectivity index (χ2v) is 2.40. The summed E-state index contributed by atoms with van der Waals surface area (Å²) in [5.41, 5.74) is 0. The summed E-state index contributed by atoms with van der Waals surface area (Å²) in [6.07, 6.45) is -2.59. The van der Waals surface area contributed by atoms with E-state index >= 15 is 0 Å². The molecule has 0 saturated heterocycles. The van der Waals surface area contributed by atoms with Crippen molar-refractivity contribution < 1.29 is 28.9 Å². The molecule has 0 aliphatic heterocycles. The summed E-state index contributed by atoms with van der Waals surface area (Å²) in [6, 6.07) is 0. The molecule has 0 aromatic heterocycles. The zero-order valence-electron chi connectivity index (χ0n) is 8.35. The molecule has 0 radical (unpaired) electrons. The molecule has 0 aliphatic rings. The van der Waals surface area contributed by atoms with Gasteiger partial charge in [0.1, 0.15) is 0 Å². The maximum Gasteiger partial charge on any atom is 0.338 e. The molecule has 6 heteroatoms. The standard InChI is InChI=1S/C8H14O6/c1-4-14-8(11)6(13-3)5(12-2)7(9)10/h5-6H,4H2,1-3H3,(H,9,10). The van der Waals surface area contributed by atoms with Crippen LogP contribution in [0.4, 0.5) is 0 Å². The Morgan fingerprint density at radius 3 is 2.00 bits per heavy atom. The van der Waals surface area contributed by atoms with E-state index in [1.165, 1.54) is 14.2 Å². The molecule has 0 aliphatic carbocycles. The van der Waals surface area contributed by atoms with Crippen molar-refractivity contribution in [2.45, 2.75) is 19.1 Å². The van der Waals surface area contributed by atoms with Crippen LogP contribution < -0.4 is 0 Å². The SMILES string of the molecule is CCOC(=O)C(OC)C(OC)C(=O)O. The topological polar surface area (TPSA) is 82.1 Å². The van der Waals surface area contributed by atoms with Crippen LogP contribution in [0, 0.1) is 0 Å². The first kappa shape index (κ1) is 12.9. The van der Waals surface area contributed by atoms with Crippen molar-refractivity contribution in [2.24, 2.45) is 0 Å². The van der Waals surface area contributed by atoms with Crippen LogP contribution in [0.5, 0.6) is 0 Å². The number of esters is 1. The number of carbonyl (C=O) groups excluding carboxylic acids is 1. The maximum absolute atomic E-state index is 11.2. The summed E-state index contributed by atoms with van der Waals surface area (Å²) >= 11 is 0.